The number of ether oxygens (including phenoxy) is 1. The Hall–Kier alpha value is -1.84. The molecular weight excluding hydrogens is 221 g/mol. The predicted molar refractivity (Wildman–Crippen MR) is 64.3 cm³/mol. The Kier molecular flexibility index (Phi) is 5.20. The molecule has 1 rings (SSSR count). The molecule has 0 bridgehead atoms. The Balaban J connectivity index is 2.59. The molecule has 3 nitrogen and oxygen atoms in total. The maximum absolute atomic E-state index is 12.7. The highest BCUT2D eigenvalue weighted by molar-refractivity contribution is 5.81. The number of halogens is 1. The molecule has 1 N–H and O–H groups in total. The number of rotatable bonds is 6. The number of benzene rings is 1. The zero-order valence-electron chi connectivity index (χ0n) is 9.78. The van der Waals surface area contributed by atoms with Gasteiger partial charge in [0, 0.05) is 6.54 Å². The van der Waals surface area contributed by atoms with E-state index in [2.05, 4.69) is 11.9 Å². The minimum Gasteiger partial charge on any atom is -0.481 e. The van der Waals surface area contributed by atoms with E-state index in [1.165, 1.54) is 24.3 Å². The number of carbonyl (C=O) groups excluding carboxylic acids is 1. The lowest BCUT2D eigenvalue weighted by atomic mass is 10.2. The van der Waals surface area contributed by atoms with Crippen molar-refractivity contribution < 1.29 is 13.9 Å². The highest BCUT2D eigenvalue weighted by Gasteiger charge is 2.17. The number of amides is 1. The van der Waals surface area contributed by atoms with E-state index in [0.717, 1.165) is 0 Å². The summed E-state index contributed by atoms with van der Waals surface area (Å²) < 4.78 is 18.1. The Morgan fingerprint density at radius 1 is 1.53 bits per heavy atom. The molecule has 0 unspecified atom stereocenters. The fraction of sp³-hybridized carbons (Fsp3) is 0.308. The molecule has 1 amide bonds. The summed E-state index contributed by atoms with van der Waals surface area (Å²) in [6.07, 6.45) is 1.57. The van der Waals surface area contributed by atoms with Gasteiger partial charge in [-0.25, -0.2) is 4.39 Å². The van der Waals surface area contributed by atoms with Crippen molar-refractivity contribution in [1.82, 2.24) is 5.32 Å². The van der Waals surface area contributed by atoms with Crippen molar-refractivity contribution >= 4 is 5.91 Å². The molecule has 0 heterocycles. The molecule has 1 aromatic rings. The summed E-state index contributed by atoms with van der Waals surface area (Å²) in [6.45, 7) is 5.77. The van der Waals surface area contributed by atoms with E-state index < -0.39 is 6.10 Å². The summed E-state index contributed by atoms with van der Waals surface area (Å²) in [4.78, 5) is 11.6. The van der Waals surface area contributed by atoms with Gasteiger partial charge in [-0.05, 0) is 30.7 Å². The van der Waals surface area contributed by atoms with Crippen molar-refractivity contribution in [2.45, 2.75) is 19.4 Å². The van der Waals surface area contributed by atoms with Crippen molar-refractivity contribution in [2.24, 2.45) is 0 Å². The lowest BCUT2D eigenvalue weighted by molar-refractivity contribution is -0.127. The molecule has 4 heteroatoms. The third kappa shape index (κ3) is 4.26. The van der Waals surface area contributed by atoms with Crippen molar-refractivity contribution in [3.63, 3.8) is 0 Å². The average molecular weight is 237 g/mol. The van der Waals surface area contributed by atoms with E-state index in [-0.39, 0.29) is 11.7 Å². The van der Waals surface area contributed by atoms with E-state index in [0.29, 0.717) is 18.7 Å². The van der Waals surface area contributed by atoms with Gasteiger partial charge in [-0.15, -0.1) is 6.58 Å². The second-order valence-corrected chi connectivity index (χ2v) is 3.50. The van der Waals surface area contributed by atoms with Crippen LogP contribution in [0, 0.1) is 5.82 Å². The van der Waals surface area contributed by atoms with Crippen LogP contribution in [0.4, 0.5) is 4.39 Å². The van der Waals surface area contributed by atoms with Crippen molar-refractivity contribution in [1.29, 1.82) is 0 Å². The van der Waals surface area contributed by atoms with Crippen LogP contribution in [-0.4, -0.2) is 18.6 Å². The fourth-order valence-electron chi connectivity index (χ4n) is 1.29. The number of nitrogens with one attached hydrogen (secondary N) is 1. The summed E-state index contributed by atoms with van der Waals surface area (Å²) in [6, 6.07) is 5.59. The molecular formula is C13H16FNO2. The SMILES string of the molecule is C=CCNC(=O)[C@H](CC)Oc1ccc(F)cc1. The van der Waals surface area contributed by atoms with Crippen LogP contribution in [0.1, 0.15) is 13.3 Å². The van der Waals surface area contributed by atoms with Gasteiger partial charge < -0.3 is 10.1 Å². The second-order valence-electron chi connectivity index (χ2n) is 3.50. The summed E-state index contributed by atoms with van der Waals surface area (Å²) in [7, 11) is 0. The molecule has 17 heavy (non-hydrogen) atoms. The normalized spacial score (nSPS) is 11.6. The second kappa shape index (κ2) is 6.68. The molecule has 0 aliphatic heterocycles. The van der Waals surface area contributed by atoms with Crippen LogP contribution in [0.15, 0.2) is 36.9 Å². The topological polar surface area (TPSA) is 38.3 Å². The standard InChI is InChI=1S/C13H16FNO2/c1-3-9-15-13(16)12(4-2)17-11-7-5-10(14)6-8-11/h3,5-8,12H,1,4,9H2,2H3,(H,15,16)/t12-/m0/s1. The maximum atomic E-state index is 12.7. The van der Waals surface area contributed by atoms with Gasteiger partial charge in [-0.1, -0.05) is 13.0 Å². The van der Waals surface area contributed by atoms with Crippen LogP contribution in [-0.2, 0) is 4.79 Å². The smallest absolute Gasteiger partial charge is 0.261 e. The molecule has 0 aliphatic carbocycles. The first kappa shape index (κ1) is 13.2. The minimum atomic E-state index is -0.569. The number of hydrogen-bond acceptors (Lipinski definition) is 2. The molecule has 1 aromatic carbocycles. The van der Waals surface area contributed by atoms with Gasteiger partial charge in [-0.3, -0.25) is 4.79 Å². The van der Waals surface area contributed by atoms with Gasteiger partial charge in [0.15, 0.2) is 6.10 Å². The Morgan fingerprint density at radius 3 is 2.71 bits per heavy atom. The van der Waals surface area contributed by atoms with Gasteiger partial charge in [0.05, 0.1) is 0 Å². The van der Waals surface area contributed by atoms with E-state index in [9.17, 15) is 9.18 Å². The number of carbonyl (C=O) groups is 1. The Morgan fingerprint density at radius 2 is 2.18 bits per heavy atom. The first-order valence-corrected chi connectivity index (χ1v) is 5.48. The van der Waals surface area contributed by atoms with E-state index in [1.807, 2.05) is 6.92 Å². The molecule has 0 radical (unpaired) electrons. The molecule has 0 saturated carbocycles. The maximum Gasteiger partial charge on any atom is 0.261 e. The van der Waals surface area contributed by atoms with Gasteiger partial charge in [0.25, 0.3) is 5.91 Å². The van der Waals surface area contributed by atoms with Crippen LogP contribution in [0.2, 0.25) is 0 Å². The summed E-state index contributed by atoms with van der Waals surface area (Å²) in [5.74, 6) is -0.0507. The highest BCUT2D eigenvalue weighted by atomic mass is 19.1. The Labute approximate surface area is 100 Å². The van der Waals surface area contributed by atoms with Crippen LogP contribution >= 0.6 is 0 Å². The van der Waals surface area contributed by atoms with Crippen molar-refractivity contribution in [3.8, 4) is 5.75 Å². The first-order valence-electron chi connectivity index (χ1n) is 5.48. The summed E-state index contributed by atoms with van der Waals surface area (Å²) >= 11 is 0. The van der Waals surface area contributed by atoms with E-state index in [1.54, 1.807) is 6.08 Å². The van der Waals surface area contributed by atoms with Gasteiger partial charge >= 0.3 is 0 Å². The summed E-state index contributed by atoms with van der Waals surface area (Å²) in [5.41, 5.74) is 0. The van der Waals surface area contributed by atoms with Gasteiger partial charge in [0.2, 0.25) is 0 Å². The first-order chi connectivity index (χ1) is 8.17. The van der Waals surface area contributed by atoms with Crippen molar-refractivity contribution in [2.75, 3.05) is 6.54 Å². The Bertz CT molecular complexity index is 376. The summed E-state index contributed by atoms with van der Waals surface area (Å²) in [5, 5.41) is 2.66. The van der Waals surface area contributed by atoms with E-state index in [4.69, 9.17) is 4.74 Å². The quantitative estimate of drug-likeness (QED) is 0.771. The lowest BCUT2D eigenvalue weighted by Crippen LogP contribution is -2.38. The molecule has 92 valence electrons. The molecule has 0 aromatic heterocycles. The molecule has 0 saturated heterocycles. The van der Waals surface area contributed by atoms with Gasteiger partial charge in [0.1, 0.15) is 11.6 Å². The molecule has 0 aliphatic rings. The van der Waals surface area contributed by atoms with Crippen LogP contribution in [0.5, 0.6) is 5.75 Å². The zero-order valence-corrected chi connectivity index (χ0v) is 9.78. The van der Waals surface area contributed by atoms with Crippen LogP contribution in [0.25, 0.3) is 0 Å². The number of hydrogen-bond donors (Lipinski definition) is 1. The molecule has 1 atom stereocenters. The minimum absolute atomic E-state index is 0.197. The fourth-order valence-corrected chi connectivity index (χ4v) is 1.29. The largest absolute Gasteiger partial charge is 0.481 e. The monoisotopic (exact) mass is 237 g/mol. The van der Waals surface area contributed by atoms with Crippen LogP contribution < -0.4 is 10.1 Å². The van der Waals surface area contributed by atoms with Crippen molar-refractivity contribution in [3.05, 3.63) is 42.7 Å². The van der Waals surface area contributed by atoms with E-state index >= 15 is 0 Å². The van der Waals surface area contributed by atoms with Gasteiger partial charge in [-0.2, -0.15) is 0 Å². The third-order valence-electron chi connectivity index (χ3n) is 2.18. The highest BCUT2D eigenvalue weighted by Crippen LogP contribution is 2.14. The molecule has 0 fully saturated rings. The zero-order chi connectivity index (χ0) is 12.7. The lowest BCUT2D eigenvalue weighted by Gasteiger charge is -2.16. The molecule has 0 spiro atoms. The third-order valence-corrected chi connectivity index (χ3v) is 2.18. The predicted octanol–water partition coefficient (Wildman–Crippen LogP) is 2.29. The van der Waals surface area contributed by atoms with Crippen LogP contribution in [0.3, 0.4) is 0 Å². The average Bonchev–Trinajstić information content (AvgIpc) is 2.35.